The third-order valence-electron chi connectivity index (χ3n) is 4.66. The molecule has 0 aromatic heterocycles. The van der Waals surface area contributed by atoms with E-state index in [0.29, 0.717) is 0 Å². The quantitative estimate of drug-likeness (QED) is 0.274. The SMILES string of the molecule is CCCCCCCCOc1cccc(OC)c1OCCCCCCCC. The standard InChI is InChI=1S/C23H40O3/c1-4-6-8-10-12-14-19-25-22-18-16-17-21(24-3)23(22)26-20-15-13-11-9-7-5-2/h16-18H,4-15,19-20H2,1-3H3. The molecule has 1 rings (SSSR count). The van der Waals surface area contributed by atoms with Crippen molar-refractivity contribution >= 4 is 0 Å². The van der Waals surface area contributed by atoms with E-state index in [9.17, 15) is 0 Å². The lowest BCUT2D eigenvalue weighted by Crippen LogP contribution is -2.04. The van der Waals surface area contributed by atoms with Gasteiger partial charge >= 0.3 is 0 Å². The summed E-state index contributed by atoms with van der Waals surface area (Å²) >= 11 is 0. The molecule has 150 valence electrons. The van der Waals surface area contributed by atoms with Crippen LogP contribution >= 0.6 is 0 Å². The Labute approximate surface area is 161 Å². The number of ether oxygens (including phenoxy) is 3. The van der Waals surface area contributed by atoms with E-state index in [-0.39, 0.29) is 0 Å². The van der Waals surface area contributed by atoms with Gasteiger partial charge in [0.1, 0.15) is 0 Å². The summed E-state index contributed by atoms with van der Waals surface area (Å²) in [5.41, 5.74) is 0. The highest BCUT2D eigenvalue weighted by atomic mass is 16.5. The third-order valence-corrected chi connectivity index (χ3v) is 4.66. The van der Waals surface area contributed by atoms with Gasteiger partial charge in [-0.2, -0.15) is 0 Å². The normalized spacial score (nSPS) is 10.7. The highest BCUT2D eigenvalue weighted by molar-refractivity contribution is 5.51. The number of unbranched alkanes of at least 4 members (excludes halogenated alkanes) is 10. The maximum atomic E-state index is 6.03. The average molecular weight is 365 g/mol. The van der Waals surface area contributed by atoms with Crippen LogP contribution in [0.4, 0.5) is 0 Å². The molecule has 0 fully saturated rings. The number of methoxy groups -OCH3 is 1. The van der Waals surface area contributed by atoms with Crippen molar-refractivity contribution in [2.75, 3.05) is 20.3 Å². The molecule has 3 heteroatoms. The first-order valence-corrected chi connectivity index (χ1v) is 10.8. The summed E-state index contributed by atoms with van der Waals surface area (Å²) in [6.45, 7) is 5.96. The molecule has 0 aliphatic carbocycles. The first-order chi connectivity index (χ1) is 12.8. The maximum absolute atomic E-state index is 6.03. The van der Waals surface area contributed by atoms with Crippen LogP contribution in [-0.2, 0) is 0 Å². The monoisotopic (exact) mass is 364 g/mol. The van der Waals surface area contributed by atoms with Gasteiger partial charge in [0.2, 0.25) is 5.75 Å². The van der Waals surface area contributed by atoms with Crippen LogP contribution in [0.1, 0.15) is 90.9 Å². The van der Waals surface area contributed by atoms with Crippen LogP contribution in [0.2, 0.25) is 0 Å². The van der Waals surface area contributed by atoms with Gasteiger partial charge in [0.15, 0.2) is 11.5 Å². The minimum Gasteiger partial charge on any atom is -0.493 e. The Hall–Kier alpha value is -1.38. The molecule has 1 aromatic rings. The Balaban J connectivity index is 2.35. The number of para-hydroxylation sites is 1. The maximum Gasteiger partial charge on any atom is 0.203 e. The van der Waals surface area contributed by atoms with Crippen LogP contribution in [0.3, 0.4) is 0 Å². The summed E-state index contributed by atoms with van der Waals surface area (Å²) in [4.78, 5) is 0. The van der Waals surface area contributed by atoms with E-state index in [1.807, 2.05) is 18.2 Å². The van der Waals surface area contributed by atoms with Gasteiger partial charge in [0.05, 0.1) is 20.3 Å². The first kappa shape index (κ1) is 22.7. The second-order valence-electron chi connectivity index (χ2n) is 7.02. The van der Waals surface area contributed by atoms with E-state index < -0.39 is 0 Å². The Kier molecular flexibility index (Phi) is 13.8. The van der Waals surface area contributed by atoms with E-state index in [1.54, 1.807) is 7.11 Å². The average Bonchev–Trinajstić information content (AvgIpc) is 2.67. The fraction of sp³-hybridized carbons (Fsp3) is 0.739. The Morgan fingerprint density at radius 3 is 1.69 bits per heavy atom. The van der Waals surface area contributed by atoms with Crippen LogP contribution in [0, 0.1) is 0 Å². The number of rotatable bonds is 17. The van der Waals surface area contributed by atoms with Crippen LogP contribution in [0.5, 0.6) is 17.2 Å². The van der Waals surface area contributed by atoms with Crippen molar-refractivity contribution in [2.45, 2.75) is 90.9 Å². The zero-order chi connectivity index (χ0) is 18.9. The highest BCUT2D eigenvalue weighted by Gasteiger charge is 2.11. The minimum atomic E-state index is 0.722. The fourth-order valence-electron chi connectivity index (χ4n) is 3.03. The second kappa shape index (κ2) is 15.8. The molecule has 0 spiro atoms. The van der Waals surface area contributed by atoms with Crippen molar-refractivity contribution in [1.29, 1.82) is 0 Å². The Bertz CT molecular complexity index is 445. The smallest absolute Gasteiger partial charge is 0.203 e. The molecule has 0 saturated carbocycles. The first-order valence-electron chi connectivity index (χ1n) is 10.8. The lowest BCUT2D eigenvalue weighted by Gasteiger charge is -2.15. The lowest BCUT2D eigenvalue weighted by atomic mass is 10.1. The van der Waals surface area contributed by atoms with Crippen molar-refractivity contribution < 1.29 is 14.2 Å². The van der Waals surface area contributed by atoms with Crippen molar-refractivity contribution in [3.8, 4) is 17.2 Å². The van der Waals surface area contributed by atoms with E-state index in [4.69, 9.17) is 14.2 Å². The van der Waals surface area contributed by atoms with Gasteiger partial charge in [-0.25, -0.2) is 0 Å². The lowest BCUT2D eigenvalue weighted by molar-refractivity contribution is 0.247. The van der Waals surface area contributed by atoms with Crippen LogP contribution in [0.15, 0.2) is 18.2 Å². The predicted octanol–water partition coefficient (Wildman–Crippen LogP) is 7.17. The van der Waals surface area contributed by atoms with Crippen molar-refractivity contribution in [3.63, 3.8) is 0 Å². The molecule has 1 aromatic carbocycles. The Morgan fingerprint density at radius 2 is 1.12 bits per heavy atom. The number of hydrogen-bond donors (Lipinski definition) is 0. The summed E-state index contributed by atoms with van der Waals surface area (Å²) in [5, 5.41) is 0. The van der Waals surface area contributed by atoms with Gasteiger partial charge in [-0.1, -0.05) is 84.1 Å². The summed E-state index contributed by atoms with van der Waals surface area (Å²) in [6.07, 6.45) is 15.2. The molecule has 0 bridgehead atoms. The van der Waals surface area contributed by atoms with Crippen LogP contribution in [-0.4, -0.2) is 20.3 Å². The van der Waals surface area contributed by atoms with Crippen molar-refractivity contribution in [3.05, 3.63) is 18.2 Å². The molecule has 0 amide bonds. The molecule has 0 N–H and O–H groups in total. The van der Waals surface area contributed by atoms with Gasteiger partial charge in [0, 0.05) is 0 Å². The molecule has 0 atom stereocenters. The summed E-state index contributed by atoms with van der Waals surface area (Å²) in [7, 11) is 1.68. The summed E-state index contributed by atoms with van der Waals surface area (Å²) in [6, 6.07) is 5.89. The molecule has 0 aliphatic rings. The predicted molar refractivity (Wildman–Crippen MR) is 111 cm³/mol. The van der Waals surface area contributed by atoms with E-state index in [1.165, 1.54) is 64.2 Å². The summed E-state index contributed by atoms with van der Waals surface area (Å²) in [5.74, 6) is 2.33. The Morgan fingerprint density at radius 1 is 0.615 bits per heavy atom. The third kappa shape index (κ3) is 9.94. The van der Waals surface area contributed by atoms with Gasteiger partial charge < -0.3 is 14.2 Å². The van der Waals surface area contributed by atoms with Gasteiger partial charge in [-0.05, 0) is 25.0 Å². The topological polar surface area (TPSA) is 27.7 Å². The van der Waals surface area contributed by atoms with E-state index in [2.05, 4.69) is 13.8 Å². The summed E-state index contributed by atoms with van der Waals surface area (Å²) < 4.78 is 17.5. The fourth-order valence-corrected chi connectivity index (χ4v) is 3.03. The molecule has 0 aliphatic heterocycles. The van der Waals surface area contributed by atoms with Crippen molar-refractivity contribution in [1.82, 2.24) is 0 Å². The van der Waals surface area contributed by atoms with E-state index >= 15 is 0 Å². The zero-order valence-corrected chi connectivity index (χ0v) is 17.4. The molecule has 0 unspecified atom stereocenters. The minimum absolute atomic E-state index is 0.722. The highest BCUT2D eigenvalue weighted by Crippen LogP contribution is 2.37. The molecular formula is C23H40O3. The molecule has 0 heterocycles. The molecule has 0 saturated heterocycles. The molecule has 26 heavy (non-hydrogen) atoms. The second-order valence-corrected chi connectivity index (χ2v) is 7.02. The largest absolute Gasteiger partial charge is 0.493 e. The van der Waals surface area contributed by atoms with Gasteiger partial charge in [-0.3, -0.25) is 0 Å². The molecular weight excluding hydrogens is 324 g/mol. The van der Waals surface area contributed by atoms with Crippen LogP contribution in [0.25, 0.3) is 0 Å². The number of benzene rings is 1. The van der Waals surface area contributed by atoms with Crippen LogP contribution < -0.4 is 14.2 Å². The van der Waals surface area contributed by atoms with Gasteiger partial charge in [0.25, 0.3) is 0 Å². The molecule has 3 nitrogen and oxygen atoms in total. The zero-order valence-electron chi connectivity index (χ0n) is 17.4. The van der Waals surface area contributed by atoms with Crippen molar-refractivity contribution in [2.24, 2.45) is 0 Å². The molecule has 0 radical (unpaired) electrons. The van der Waals surface area contributed by atoms with E-state index in [0.717, 1.165) is 43.3 Å². The number of hydrogen-bond acceptors (Lipinski definition) is 3. The van der Waals surface area contributed by atoms with Gasteiger partial charge in [-0.15, -0.1) is 0 Å².